The summed E-state index contributed by atoms with van der Waals surface area (Å²) in [5.74, 6) is 0.373. The average Bonchev–Trinajstić information content (AvgIpc) is 2.97. The van der Waals surface area contributed by atoms with Crippen molar-refractivity contribution in [1.82, 2.24) is 20.3 Å². The molecule has 12 heteroatoms. The minimum Gasteiger partial charge on any atom is -0.437 e. The van der Waals surface area contributed by atoms with Crippen molar-refractivity contribution in [3.05, 3.63) is 66.2 Å². The molecule has 0 radical (unpaired) electrons. The number of rotatable bonds is 11. The van der Waals surface area contributed by atoms with Gasteiger partial charge in [0, 0.05) is 49.5 Å². The maximum Gasteiger partial charge on any atom is 0.232 e. The topological polar surface area (TPSA) is 127 Å². The van der Waals surface area contributed by atoms with Gasteiger partial charge in [-0.15, -0.1) is 0 Å². The number of piperidine rings is 1. The Morgan fingerprint density at radius 3 is 2.76 bits per heavy atom. The molecule has 1 atom stereocenters. The van der Waals surface area contributed by atoms with E-state index in [-0.39, 0.29) is 30.5 Å². The Morgan fingerprint density at radius 2 is 1.95 bits per heavy atom. The molecule has 1 fully saturated rings. The van der Waals surface area contributed by atoms with Gasteiger partial charge < -0.3 is 20.1 Å². The van der Waals surface area contributed by atoms with Gasteiger partial charge in [-0.05, 0) is 68.6 Å². The van der Waals surface area contributed by atoms with E-state index in [0.29, 0.717) is 39.6 Å². The quantitative estimate of drug-likeness (QED) is 0.213. The molecule has 0 amide bonds. The zero-order valence-corrected chi connectivity index (χ0v) is 23.8. The van der Waals surface area contributed by atoms with E-state index in [0.717, 1.165) is 31.5 Å². The third kappa shape index (κ3) is 6.89. The zero-order chi connectivity index (χ0) is 28.8. The molecule has 10 nitrogen and oxygen atoms in total. The minimum absolute atomic E-state index is 0.130. The van der Waals surface area contributed by atoms with E-state index in [1.807, 2.05) is 13.0 Å². The fourth-order valence-corrected chi connectivity index (χ4v) is 5.92. The lowest BCUT2D eigenvalue weighted by Crippen LogP contribution is -2.38. The fourth-order valence-electron chi connectivity index (χ4n) is 4.80. The number of nitrogens with zero attached hydrogens (tertiary/aromatic N) is 3. The lowest BCUT2D eigenvalue weighted by atomic mass is 10.0. The second-order valence-corrected chi connectivity index (χ2v) is 11.7. The van der Waals surface area contributed by atoms with Crippen LogP contribution in [0.5, 0.6) is 11.6 Å². The molecule has 3 N–H and O–H groups in total. The first-order valence-corrected chi connectivity index (χ1v) is 15.1. The van der Waals surface area contributed by atoms with Gasteiger partial charge in [-0.25, -0.2) is 27.8 Å². The number of pyridine rings is 1. The van der Waals surface area contributed by atoms with Crippen LogP contribution in [0.25, 0.3) is 22.0 Å². The summed E-state index contributed by atoms with van der Waals surface area (Å²) in [6.07, 6.45) is 5.71. The number of hydrogen-bond acceptors (Lipinski definition) is 9. The highest BCUT2D eigenvalue weighted by molar-refractivity contribution is 7.92. The maximum atomic E-state index is 15.0. The Morgan fingerprint density at radius 1 is 1.10 bits per heavy atom. The Kier molecular flexibility index (Phi) is 8.91. The Balaban J connectivity index is 1.48. The van der Waals surface area contributed by atoms with E-state index in [2.05, 4.69) is 25.3 Å². The number of ether oxygens (including phenoxy) is 2. The van der Waals surface area contributed by atoms with Gasteiger partial charge in [0.05, 0.1) is 22.7 Å². The summed E-state index contributed by atoms with van der Waals surface area (Å²) in [5, 5.41) is 7.67. The van der Waals surface area contributed by atoms with Crippen LogP contribution in [0, 0.1) is 12.7 Å². The molecule has 1 unspecified atom stereocenters. The SMILES string of the molecule is COCCCS(=O)(=O)Nc1c(F)ccc2c(Oc3ncccc3-c3ccnc(NC4CCCNC4)n3)c(C)ccc12. The van der Waals surface area contributed by atoms with Gasteiger partial charge in [0.15, 0.2) is 0 Å². The van der Waals surface area contributed by atoms with E-state index in [4.69, 9.17) is 14.5 Å². The van der Waals surface area contributed by atoms with Crippen molar-refractivity contribution in [2.75, 3.05) is 42.6 Å². The van der Waals surface area contributed by atoms with Crippen molar-refractivity contribution in [3.63, 3.8) is 0 Å². The van der Waals surface area contributed by atoms with Gasteiger partial charge in [0.2, 0.25) is 21.9 Å². The van der Waals surface area contributed by atoms with Gasteiger partial charge >= 0.3 is 0 Å². The predicted octanol–water partition coefficient (Wildman–Crippen LogP) is 4.87. The van der Waals surface area contributed by atoms with Crippen LogP contribution in [-0.2, 0) is 14.8 Å². The molecule has 1 aliphatic heterocycles. The number of sulfonamides is 1. The molecule has 0 spiro atoms. The Hall–Kier alpha value is -3.87. The highest BCUT2D eigenvalue weighted by atomic mass is 32.2. The largest absolute Gasteiger partial charge is 0.437 e. The summed E-state index contributed by atoms with van der Waals surface area (Å²) in [6.45, 7) is 4.00. The standard InChI is InChI=1S/C29H33FN6O4S/c1-19-8-9-21-22(10-11-24(30)26(21)36-41(37,38)17-5-16-39-2)27(19)40-28-23(7-4-14-32-28)25-12-15-33-29(35-25)34-20-6-3-13-31-18-20/h4,7-12,14-15,20,31,36H,3,5-6,13,16-18H2,1-2H3,(H,33,34,35). The second-order valence-electron chi connectivity index (χ2n) is 9.91. The third-order valence-corrected chi connectivity index (χ3v) is 8.19. The number of benzene rings is 2. The molecule has 1 saturated heterocycles. The smallest absolute Gasteiger partial charge is 0.232 e. The molecule has 3 heterocycles. The van der Waals surface area contributed by atoms with Gasteiger partial charge in [-0.2, -0.15) is 0 Å². The molecular weight excluding hydrogens is 547 g/mol. The highest BCUT2D eigenvalue weighted by Gasteiger charge is 2.20. The van der Waals surface area contributed by atoms with Crippen molar-refractivity contribution in [2.45, 2.75) is 32.2 Å². The van der Waals surface area contributed by atoms with Crippen molar-refractivity contribution in [1.29, 1.82) is 0 Å². The van der Waals surface area contributed by atoms with Crippen LogP contribution in [-0.4, -0.2) is 62.0 Å². The summed E-state index contributed by atoms with van der Waals surface area (Å²) < 4.78 is 54.1. The molecular formula is C29H33FN6O4S. The maximum absolute atomic E-state index is 15.0. The van der Waals surface area contributed by atoms with Gasteiger partial charge in [0.1, 0.15) is 11.6 Å². The number of fused-ring (bicyclic) bond motifs is 1. The van der Waals surface area contributed by atoms with Crippen molar-refractivity contribution in [3.8, 4) is 22.9 Å². The monoisotopic (exact) mass is 580 g/mol. The van der Waals surface area contributed by atoms with Gasteiger partial charge in [-0.1, -0.05) is 12.1 Å². The average molecular weight is 581 g/mol. The van der Waals surface area contributed by atoms with Crippen molar-refractivity contribution < 1.29 is 22.3 Å². The summed E-state index contributed by atoms with van der Waals surface area (Å²) in [6, 6.07) is 11.9. The van der Waals surface area contributed by atoms with Crippen molar-refractivity contribution >= 4 is 32.4 Å². The Bertz CT molecular complexity index is 1630. The van der Waals surface area contributed by atoms with E-state index >= 15 is 0 Å². The molecule has 216 valence electrons. The fraction of sp³-hybridized carbons (Fsp3) is 0.345. The summed E-state index contributed by atoms with van der Waals surface area (Å²) >= 11 is 0. The molecule has 2 aromatic carbocycles. The second kappa shape index (κ2) is 12.8. The van der Waals surface area contributed by atoms with Crippen LogP contribution in [0.1, 0.15) is 24.8 Å². The molecule has 4 aromatic rings. The number of halogens is 1. The van der Waals surface area contributed by atoms with Gasteiger partial charge in [0.25, 0.3) is 0 Å². The lowest BCUT2D eigenvalue weighted by molar-refractivity contribution is 0.199. The molecule has 0 bridgehead atoms. The van der Waals surface area contributed by atoms with E-state index in [9.17, 15) is 12.8 Å². The molecule has 41 heavy (non-hydrogen) atoms. The van der Waals surface area contributed by atoms with Crippen LogP contribution >= 0.6 is 0 Å². The number of methoxy groups -OCH3 is 1. The number of aromatic nitrogens is 3. The van der Waals surface area contributed by atoms with E-state index in [1.165, 1.54) is 13.2 Å². The molecule has 2 aromatic heterocycles. The summed E-state index contributed by atoms with van der Waals surface area (Å²) in [7, 11) is -2.31. The minimum atomic E-state index is -3.81. The number of nitrogens with one attached hydrogen (secondary N) is 3. The number of anilines is 2. The summed E-state index contributed by atoms with van der Waals surface area (Å²) in [5.41, 5.74) is 1.92. The van der Waals surface area contributed by atoms with Crippen LogP contribution in [0.3, 0.4) is 0 Å². The highest BCUT2D eigenvalue weighted by Crippen LogP contribution is 2.39. The van der Waals surface area contributed by atoms with Crippen LogP contribution in [0.4, 0.5) is 16.0 Å². The number of hydrogen-bond donors (Lipinski definition) is 3. The Labute approximate surface area is 238 Å². The van der Waals surface area contributed by atoms with Crippen LogP contribution < -0.4 is 20.1 Å². The molecule has 0 aliphatic carbocycles. The van der Waals surface area contributed by atoms with E-state index < -0.39 is 15.8 Å². The van der Waals surface area contributed by atoms with Crippen molar-refractivity contribution in [2.24, 2.45) is 0 Å². The van der Waals surface area contributed by atoms with Crippen LogP contribution in [0.2, 0.25) is 0 Å². The first kappa shape index (κ1) is 28.7. The first-order chi connectivity index (χ1) is 19.8. The van der Waals surface area contributed by atoms with Crippen LogP contribution in [0.15, 0.2) is 54.9 Å². The lowest BCUT2D eigenvalue weighted by Gasteiger charge is -2.23. The first-order valence-electron chi connectivity index (χ1n) is 13.5. The molecule has 5 rings (SSSR count). The number of aryl methyl sites for hydroxylation is 1. The summed E-state index contributed by atoms with van der Waals surface area (Å²) in [4.78, 5) is 13.6. The zero-order valence-electron chi connectivity index (χ0n) is 23.0. The van der Waals surface area contributed by atoms with E-state index in [1.54, 1.807) is 42.7 Å². The normalized spacial score (nSPS) is 15.5. The van der Waals surface area contributed by atoms with Gasteiger partial charge in [-0.3, -0.25) is 4.72 Å². The predicted molar refractivity (Wildman–Crippen MR) is 157 cm³/mol. The molecule has 0 saturated carbocycles. The molecule has 1 aliphatic rings. The third-order valence-electron chi connectivity index (χ3n) is 6.85.